The molecule has 0 bridgehead atoms. The van der Waals surface area contributed by atoms with Crippen LogP contribution in [0.3, 0.4) is 0 Å². The van der Waals surface area contributed by atoms with Crippen LogP contribution in [0, 0.1) is 0 Å². The molecule has 0 spiro atoms. The van der Waals surface area contributed by atoms with Gasteiger partial charge in [0.05, 0.1) is 6.10 Å². The minimum absolute atomic E-state index is 0.0601. The van der Waals surface area contributed by atoms with E-state index < -0.39 is 0 Å². The molecule has 0 heterocycles. The molecule has 0 radical (unpaired) electrons. The van der Waals surface area contributed by atoms with Crippen molar-refractivity contribution >= 4 is 0 Å². The standard InChI is InChI=1S/C15H16O3/c1-18-15(12-4-8-14(17)9-5-12)10-11-2-6-13(16)7-3-11/h2-9,15-17H,10H2,1H3. The molecule has 0 aliphatic carbocycles. The molecule has 0 aromatic heterocycles. The van der Waals surface area contributed by atoms with Crippen LogP contribution in [0.4, 0.5) is 0 Å². The van der Waals surface area contributed by atoms with Gasteiger partial charge in [-0.15, -0.1) is 0 Å². The number of phenols is 2. The maximum Gasteiger partial charge on any atom is 0.115 e. The first kappa shape index (κ1) is 12.5. The highest BCUT2D eigenvalue weighted by Gasteiger charge is 2.11. The zero-order valence-corrected chi connectivity index (χ0v) is 10.2. The largest absolute Gasteiger partial charge is 0.508 e. The molecule has 2 aromatic rings. The molecule has 1 atom stereocenters. The van der Waals surface area contributed by atoms with Crippen molar-refractivity contribution in [1.82, 2.24) is 0 Å². The predicted octanol–water partition coefficient (Wildman–Crippen LogP) is 3.03. The molecule has 94 valence electrons. The summed E-state index contributed by atoms with van der Waals surface area (Å²) >= 11 is 0. The molecule has 2 aromatic carbocycles. The Labute approximate surface area is 106 Å². The van der Waals surface area contributed by atoms with Gasteiger partial charge in [-0.2, -0.15) is 0 Å². The lowest BCUT2D eigenvalue weighted by Gasteiger charge is -2.16. The van der Waals surface area contributed by atoms with E-state index in [0.717, 1.165) is 17.5 Å². The predicted molar refractivity (Wildman–Crippen MR) is 69.7 cm³/mol. The molecular formula is C15H16O3. The first-order valence-electron chi connectivity index (χ1n) is 5.78. The van der Waals surface area contributed by atoms with Crippen molar-refractivity contribution in [3.63, 3.8) is 0 Å². The Bertz CT molecular complexity index is 488. The van der Waals surface area contributed by atoms with Gasteiger partial charge in [0.25, 0.3) is 0 Å². The summed E-state index contributed by atoms with van der Waals surface area (Å²) in [6.07, 6.45) is 0.664. The Morgan fingerprint density at radius 2 is 1.39 bits per heavy atom. The number of hydrogen-bond donors (Lipinski definition) is 2. The molecule has 0 saturated heterocycles. The van der Waals surface area contributed by atoms with E-state index in [1.807, 2.05) is 24.3 Å². The molecule has 0 aliphatic rings. The van der Waals surface area contributed by atoms with Gasteiger partial charge < -0.3 is 14.9 Å². The summed E-state index contributed by atoms with van der Waals surface area (Å²) in [7, 11) is 1.66. The van der Waals surface area contributed by atoms with Crippen molar-refractivity contribution in [2.75, 3.05) is 7.11 Å². The van der Waals surface area contributed by atoms with Crippen molar-refractivity contribution in [3.05, 3.63) is 59.7 Å². The normalized spacial score (nSPS) is 12.3. The summed E-state index contributed by atoms with van der Waals surface area (Å²) in [6.45, 7) is 0. The van der Waals surface area contributed by atoms with Crippen molar-refractivity contribution in [2.45, 2.75) is 12.5 Å². The monoisotopic (exact) mass is 244 g/mol. The lowest BCUT2D eigenvalue weighted by Crippen LogP contribution is -2.05. The van der Waals surface area contributed by atoms with Gasteiger partial charge in [-0.3, -0.25) is 0 Å². The molecule has 2 N–H and O–H groups in total. The van der Waals surface area contributed by atoms with Gasteiger partial charge in [0.15, 0.2) is 0 Å². The van der Waals surface area contributed by atoms with Gasteiger partial charge in [0.2, 0.25) is 0 Å². The molecule has 3 heteroatoms. The van der Waals surface area contributed by atoms with Gasteiger partial charge in [0, 0.05) is 13.5 Å². The van der Waals surface area contributed by atoms with E-state index in [9.17, 15) is 10.2 Å². The number of rotatable bonds is 4. The molecule has 1 unspecified atom stereocenters. The van der Waals surface area contributed by atoms with Crippen LogP contribution in [0.5, 0.6) is 11.5 Å². The van der Waals surface area contributed by atoms with Gasteiger partial charge in [0.1, 0.15) is 11.5 Å². The number of aromatic hydroxyl groups is 2. The molecule has 3 nitrogen and oxygen atoms in total. The Morgan fingerprint density at radius 1 is 0.889 bits per heavy atom. The third-order valence-electron chi connectivity index (χ3n) is 2.91. The maximum absolute atomic E-state index is 9.26. The second kappa shape index (κ2) is 5.56. The average molecular weight is 244 g/mol. The number of methoxy groups -OCH3 is 1. The topological polar surface area (TPSA) is 49.7 Å². The summed E-state index contributed by atoms with van der Waals surface area (Å²) in [5.41, 5.74) is 2.11. The summed E-state index contributed by atoms with van der Waals surface area (Å²) in [6, 6.07) is 14.1. The fraction of sp³-hybridized carbons (Fsp3) is 0.200. The van der Waals surface area contributed by atoms with Crippen molar-refractivity contribution in [3.8, 4) is 11.5 Å². The number of benzene rings is 2. The van der Waals surface area contributed by atoms with Crippen molar-refractivity contribution in [2.24, 2.45) is 0 Å². The van der Waals surface area contributed by atoms with Crippen LogP contribution in [-0.4, -0.2) is 17.3 Å². The maximum atomic E-state index is 9.26. The highest BCUT2D eigenvalue weighted by Crippen LogP contribution is 2.24. The quantitative estimate of drug-likeness (QED) is 0.869. The first-order chi connectivity index (χ1) is 8.69. The van der Waals surface area contributed by atoms with E-state index in [1.165, 1.54) is 0 Å². The van der Waals surface area contributed by atoms with Crippen LogP contribution in [0.25, 0.3) is 0 Å². The van der Waals surface area contributed by atoms with Gasteiger partial charge in [-0.25, -0.2) is 0 Å². The second-order valence-corrected chi connectivity index (χ2v) is 4.19. The molecule has 0 aliphatic heterocycles. The van der Waals surface area contributed by atoms with E-state index >= 15 is 0 Å². The van der Waals surface area contributed by atoms with Crippen LogP contribution in [0.1, 0.15) is 17.2 Å². The van der Waals surface area contributed by atoms with E-state index in [-0.39, 0.29) is 17.6 Å². The summed E-state index contributed by atoms with van der Waals surface area (Å²) in [4.78, 5) is 0. The lowest BCUT2D eigenvalue weighted by atomic mass is 10.0. The van der Waals surface area contributed by atoms with Gasteiger partial charge in [-0.1, -0.05) is 24.3 Å². The third kappa shape index (κ3) is 3.02. The average Bonchev–Trinajstić information content (AvgIpc) is 2.39. The molecular weight excluding hydrogens is 228 g/mol. The van der Waals surface area contributed by atoms with E-state index in [0.29, 0.717) is 0 Å². The zero-order valence-electron chi connectivity index (χ0n) is 10.2. The molecule has 0 amide bonds. The summed E-state index contributed by atoms with van der Waals surface area (Å²) < 4.78 is 5.47. The summed E-state index contributed by atoms with van der Waals surface area (Å²) in [5, 5.41) is 18.5. The smallest absolute Gasteiger partial charge is 0.115 e. The van der Waals surface area contributed by atoms with Gasteiger partial charge >= 0.3 is 0 Å². The molecule has 0 fully saturated rings. The van der Waals surface area contributed by atoms with E-state index in [2.05, 4.69) is 0 Å². The van der Waals surface area contributed by atoms with Crippen molar-refractivity contribution in [1.29, 1.82) is 0 Å². The second-order valence-electron chi connectivity index (χ2n) is 4.19. The Balaban J connectivity index is 2.14. The zero-order chi connectivity index (χ0) is 13.0. The van der Waals surface area contributed by atoms with E-state index in [1.54, 1.807) is 31.4 Å². The Hall–Kier alpha value is -2.00. The third-order valence-corrected chi connectivity index (χ3v) is 2.91. The van der Waals surface area contributed by atoms with Crippen molar-refractivity contribution < 1.29 is 14.9 Å². The number of hydrogen-bond acceptors (Lipinski definition) is 3. The lowest BCUT2D eigenvalue weighted by molar-refractivity contribution is 0.103. The SMILES string of the molecule is COC(Cc1ccc(O)cc1)c1ccc(O)cc1. The van der Waals surface area contributed by atoms with Crippen LogP contribution in [0.15, 0.2) is 48.5 Å². The number of phenolic OH excluding ortho intramolecular Hbond substituents is 2. The van der Waals surface area contributed by atoms with Crippen LogP contribution in [-0.2, 0) is 11.2 Å². The Morgan fingerprint density at radius 3 is 1.89 bits per heavy atom. The molecule has 0 saturated carbocycles. The van der Waals surface area contributed by atoms with E-state index in [4.69, 9.17) is 4.74 Å². The summed E-state index contributed by atoms with van der Waals surface area (Å²) in [5.74, 6) is 0.510. The minimum Gasteiger partial charge on any atom is -0.508 e. The van der Waals surface area contributed by atoms with Crippen LogP contribution >= 0.6 is 0 Å². The van der Waals surface area contributed by atoms with Gasteiger partial charge in [-0.05, 0) is 35.4 Å². The van der Waals surface area contributed by atoms with Crippen LogP contribution in [0.2, 0.25) is 0 Å². The van der Waals surface area contributed by atoms with Crippen LogP contribution < -0.4 is 0 Å². The molecule has 18 heavy (non-hydrogen) atoms. The number of ether oxygens (including phenoxy) is 1. The molecule has 2 rings (SSSR count). The fourth-order valence-electron chi connectivity index (χ4n) is 1.87. The first-order valence-corrected chi connectivity index (χ1v) is 5.78. The highest BCUT2D eigenvalue weighted by atomic mass is 16.5. The minimum atomic E-state index is -0.0601. The highest BCUT2D eigenvalue weighted by molar-refractivity contribution is 5.30. The Kier molecular flexibility index (Phi) is 3.85. The fourth-order valence-corrected chi connectivity index (χ4v) is 1.87.